The maximum Gasteiger partial charge on any atom is 0.162 e. The van der Waals surface area contributed by atoms with Crippen molar-refractivity contribution in [1.29, 1.82) is 0 Å². The predicted octanol–water partition coefficient (Wildman–Crippen LogP) is 11.5. The molecule has 0 saturated heterocycles. The molecule has 259 valence electrons. The van der Waals surface area contributed by atoms with Crippen LogP contribution < -0.4 is 4.57 Å². The molecular weight excluding hydrogens is 779 g/mol. The first-order chi connectivity index (χ1) is 23.0. The molecule has 1 heterocycles. The summed E-state index contributed by atoms with van der Waals surface area (Å²) in [5, 5.41) is 12.2. The van der Waals surface area contributed by atoms with Crippen LogP contribution in [0.15, 0.2) is 109 Å². The second-order valence-corrected chi connectivity index (χ2v) is 13.7. The molecule has 49 heavy (non-hydrogen) atoms. The van der Waals surface area contributed by atoms with Crippen molar-refractivity contribution in [3.8, 4) is 27.9 Å². The molecule has 4 heteroatoms. The molecule has 1 radical (unpaired) electrons. The number of carbonyl (C=O) groups is 1. The third kappa shape index (κ3) is 10.1. The molecule has 0 bridgehead atoms. The van der Waals surface area contributed by atoms with Crippen molar-refractivity contribution in [3.63, 3.8) is 0 Å². The van der Waals surface area contributed by atoms with Crippen LogP contribution in [0.3, 0.4) is 0 Å². The number of aryl methyl sites for hydroxylation is 1. The summed E-state index contributed by atoms with van der Waals surface area (Å²) in [6.45, 7) is 17.0. The minimum Gasteiger partial charge on any atom is -0.512 e. The van der Waals surface area contributed by atoms with E-state index in [0.29, 0.717) is 0 Å². The second kappa shape index (κ2) is 18.2. The molecule has 5 aromatic rings. The van der Waals surface area contributed by atoms with Crippen LogP contribution in [-0.4, -0.2) is 10.9 Å². The summed E-state index contributed by atoms with van der Waals surface area (Å²) < 4.78 is 2.08. The number of benzene rings is 4. The van der Waals surface area contributed by atoms with Crippen LogP contribution in [0.25, 0.3) is 38.7 Å². The summed E-state index contributed by atoms with van der Waals surface area (Å²) in [5.41, 5.74) is 8.44. The molecule has 4 aromatic carbocycles. The Bertz CT molecular complexity index is 1830. The molecule has 0 saturated carbocycles. The molecule has 1 aromatic heterocycles. The van der Waals surface area contributed by atoms with Gasteiger partial charge in [0.2, 0.25) is 0 Å². The quantitative estimate of drug-likeness (QED) is 0.0659. The van der Waals surface area contributed by atoms with Crippen LogP contribution in [-0.2, 0) is 30.3 Å². The standard InChI is InChI=1S/C32H28N.C13H24O2.Ir/c1-23-18-19-33(28-20-27-12-8-9-13-29(27)31(21-28)32(2,3)4)22-30(23)26-16-14-25(15-17-26)24-10-6-5-7-11-24;1-5-10(6-2)12(14)9-13(15)11(7-3)8-4;/h5-18,21-22H,1-4H3;9-11,14H,5-8H2,1-4H3;/q-1;;/b;12-9-;. The van der Waals surface area contributed by atoms with Crippen LogP contribution in [0.2, 0.25) is 0 Å². The van der Waals surface area contributed by atoms with E-state index in [1.165, 1.54) is 44.8 Å². The number of fused-ring (bicyclic) bond motifs is 1. The summed E-state index contributed by atoms with van der Waals surface area (Å²) in [7, 11) is 0. The van der Waals surface area contributed by atoms with Gasteiger partial charge >= 0.3 is 0 Å². The van der Waals surface area contributed by atoms with E-state index in [9.17, 15) is 9.90 Å². The molecule has 0 unspecified atom stereocenters. The van der Waals surface area contributed by atoms with Gasteiger partial charge in [-0.05, 0) is 53.4 Å². The Morgan fingerprint density at radius 1 is 0.796 bits per heavy atom. The predicted molar refractivity (Wildman–Crippen MR) is 201 cm³/mol. The molecular formula is C45H52IrNO2-. The fourth-order valence-electron chi connectivity index (χ4n) is 6.17. The van der Waals surface area contributed by atoms with E-state index in [2.05, 4.69) is 142 Å². The number of ketones is 1. The Hall–Kier alpha value is -3.85. The van der Waals surface area contributed by atoms with E-state index in [1.807, 2.05) is 27.7 Å². The van der Waals surface area contributed by atoms with Gasteiger partial charge in [-0.1, -0.05) is 128 Å². The fourth-order valence-corrected chi connectivity index (χ4v) is 6.17. The zero-order valence-electron chi connectivity index (χ0n) is 30.4. The van der Waals surface area contributed by atoms with Gasteiger partial charge in [0.15, 0.2) is 12.0 Å². The summed E-state index contributed by atoms with van der Waals surface area (Å²) in [4.78, 5) is 11.7. The Morgan fingerprint density at radius 3 is 1.94 bits per heavy atom. The summed E-state index contributed by atoms with van der Waals surface area (Å²) >= 11 is 0. The number of pyridine rings is 1. The molecule has 1 N–H and O–H groups in total. The van der Waals surface area contributed by atoms with E-state index in [1.54, 1.807) is 0 Å². The van der Waals surface area contributed by atoms with Crippen LogP contribution in [0.5, 0.6) is 0 Å². The van der Waals surface area contributed by atoms with Crippen molar-refractivity contribution in [2.75, 3.05) is 0 Å². The van der Waals surface area contributed by atoms with Crippen molar-refractivity contribution in [2.24, 2.45) is 11.8 Å². The number of carbonyl (C=O) groups excluding carboxylic acids is 1. The zero-order chi connectivity index (χ0) is 34.8. The molecule has 0 fully saturated rings. The van der Waals surface area contributed by atoms with Gasteiger partial charge in [0.1, 0.15) is 0 Å². The Morgan fingerprint density at radius 2 is 1.35 bits per heavy atom. The first-order valence-corrected chi connectivity index (χ1v) is 17.5. The number of hydrogen-bond acceptors (Lipinski definition) is 2. The molecule has 5 rings (SSSR count). The number of hydrogen-bond donors (Lipinski definition) is 1. The first-order valence-electron chi connectivity index (χ1n) is 17.5. The van der Waals surface area contributed by atoms with Gasteiger partial charge in [-0.3, -0.25) is 4.79 Å². The van der Waals surface area contributed by atoms with E-state index >= 15 is 0 Å². The third-order valence-electron chi connectivity index (χ3n) is 9.32. The number of nitrogens with zero attached hydrogens (tertiary/aromatic N) is 1. The SMILES string of the molecule is CCC(CC)C(=O)/C=C(\O)C(CC)CC.Cc1c[c-][n+](-c2[c-]c3ccccc3c(C(C)(C)C)c2)cc1-c1ccc(-c2ccccc2)cc1.[Ir]. The second-order valence-electron chi connectivity index (χ2n) is 13.7. The number of aromatic nitrogens is 1. The van der Waals surface area contributed by atoms with Gasteiger partial charge in [0.05, 0.1) is 12.0 Å². The van der Waals surface area contributed by atoms with Crippen molar-refractivity contribution in [1.82, 2.24) is 0 Å². The first kappa shape index (κ1) is 39.6. The van der Waals surface area contributed by atoms with E-state index in [-0.39, 0.29) is 48.9 Å². The molecule has 3 nitrogen and oxygen atoms in total. The molecule has 0 aliphatic heterocycles. The van der Waals surface area contributed by atoms with Crippen LogP contribution in [0.1, 0.15) is 85.3 Å². The van der Waals surface area contributed by atoms with E-state index in [0.717, 1.165) is 36.8 Å². The maximum absolute atomic E-state index is 11.7. The van der Waals surface area contributed by atoms with Crippen LogP contribution in [0, 0.1) is 31.0 Å². The number of aliphatic hydroxyl groups is 1. The normalized spacial score (nSPS) is 11.7. The minimum absolute atomic E-state index is 0. The molecule has 0 aliphatic carbocycles. The fraction of sp³-hybridized carbons (Fsp3) is 0.333. The molecule has 0 amide bonds. The van der Waals surface area contributed by atoms with Crippen molar-refractivity contribution < 1.29 is 34.6 Å². The Balaban J connectivity index is 0.000000347. The third-order valence-corrected chi connectivity index (χ3v) is 9.32. The number of aliphatic hydroxyl groups excluding tert-OH is 1. The largest absolute Gasteiger partial charge is 0.512 e. The molecule has 0 aliphatic rings. The monoisotopic (exact) mass is 831 g/mol. The number of rotatable bonds is 10. The van der Waals surface area contributed by atoms with Gasteiger partial charge in [-0.2, -0.15) is 0 Å². The zero-order valence-corrected chi connectivity index (χ0v) is 32.8. The summed E-state index contributed by atoms with van der Waals surface area (Å²) in [6.07, 6.45) is 10.5. The Labute approximate surface area is 308 Å². The Kier molecular flexibility index (Phi) is 14.7. The van der Waals surface area contributed by atoms with Gasteiger partial charge in [0, 0.05) is 43.7 Å². The van der Waals surface area contributed by atoms with Crippen LogP contribution >= 0.6 is 0 Å². The molecule has 0 atom stereocenters. The van der Waals surface area contributed by atoms with E-state index < -0.39 is 0 Å². The van der Waals surface area contributed by atoms with Gasteiger partial charge in [-0.15, -0.1) is 46.2 Å². The van der Waals surface area contributed by atoms with Crippen molar-refractivity contribution in [2.45, 2.75) is 86.5 Å². The summed E-state index contributed by atoms with van der Waals surface area (Å²) in [5.74, 6) is 0.547. The average molecular weight is 831 g/mol. The van der Waals surface area contributed by atoms with E-state index in [4.69, 9.17) is 0 Å². The van der Waals surface area contributed by atoms with Gasteiger partial charge in [-0.25, -0.2) is 0 Å². The van der Waals surface area contributed by atoms with Gasteiger partial charge < -0.3 is 9.67 Å². The van der Waals surface area contributed by atoms with Gasteiger partial charge in [0.25, 0.3) is 0 Å². The van der Waals surface area contributed by atoms with Crippen LogP contribution in [0.4, 0.5) is 0 Å². The topological polar surface area (TPSA) is 41.2 Å². The smallest absolute Gasteiger partial charge is 0.162 e. The summed E-state index contributed by atoms with van der Waals surface area (Å²) in [6, 6.07) is 35.8. The van der Waals surface area contributed by atoms with Crippen molar-refractivity contribution >= 4 is 16.6 Å². The maximum atomic E-state index is 11.7. The average Bonchev–Trinajstić information content (AvgIpc) is 3.09. The minimum atomic E-state index is 0. The van der Waals surface area contributed by atoms with Crippen molar-refractivity contribution in [3.05, 3.63) is 132 Å². The number of allylic oxidation sites excluding steroid dienone is 2. The molecule has 0 spiro atoms.